The first-order valence-corrected chi connectivity index (χ1v) is 9.49. The van der Waals surface area contributed by atoms with E-state index in [9.17, 15) is 9.59 Å². The minimum Gasteiger partial charge on any atom is -0.352 e. The van der Waals surface area contributed by atoms with Crippen molar-refractivity contribution < 1.29 is 9.59 Å². The standard InChI is InChI=1S/C17H24N6O2S/c1-4-12(2)19-16(25)14-7-5-6-13(10-14)11-18-15(24)8-9-26-17-20-21-22-23(17)3/h5-7,10,12H,4,8-9,11H2,1-3H3,(H,18,24)(H,19,25). The number of rotatable bonds is 9. The number of hydrogen-bond donors (Lipinski definition) is 2. The van der Waals surface area contributed by atoms with Crippen LogP contribution in [0.25, 0.3) is 0 Å². The van der Waals surface area contributed by atoms with E-state index in [0.717, 1.165) is 12.0 Å². The van der Waals surface area contributed by atoms with Gasteiger partial charge in [-0.3, -0.25) is 9.59 Å². The van der Waals surface area contributed by atoms with Crippen LogP contribution in [0.15, 0.2) is 29.4 Å². The lowest BCUT2D eigenvalue weighted by molar-refractivity contribution is -0.120. The number of tetrazole rings is 1. The van der Waals surface area contributed by atoms with E-state index in [1.54, 1.807) is 23.9 Å². The molecule has 0 saturated heterocycles. The number of nitrogens with one attached hydrogen (secondary N) is 2. The average molecular weight is 376 g/mol. The summed E-state index contributed by atoms with van der Waals surface area (Å²) in [7, 11) is 1.76. The van der Waals surface area contributed by atoms with Crippen molar-refractivity contribution in [1.29, 1.82) is 0 Å². The molecular formula is C17H24N6O2S. The molecule has 0 aliphatic carbocycles. The van der Waals surface area contributed by atoms with Crippen molar-refractivity contribution in [3.05, 3.63) is 35.4 Å². The molecule has 140 valence electrons. The van der Waals surface area contributed by atoms with Crippen molar-refractivity contribution in [2.24, 2.45) is 7.05 Å². The summed E-state index contributed by atoms with van der Waals surface area (Å²) >= 11 is 1.43. The summed E-state index contributed by atoms with van der Waals surface area (Å²) in [6.07, 6.45) is 1.25. The van der Waals surface area contributed by atoms with Crippen LogP contribution in [0.1, 0.15) is 42.6 Å². The van der Waals surface area contributed by atoms with Crippen molar-refractivity contribution in [2.45, 2.75) is 44.4 Å². The highest BCUT2D eigenvalue weighted by Gasteiger charge is 2.10. The monoisotopic (exact) mass is 376 g/mol. The quantitative estimate of drug-likeness (QED) is 0.644. The molecule has 1 heterocycles. The number of carbonyl (C=O) groups is 2. The van der Waals surface area contributed by atoms with Gasteiger partial charge >= 0.3 is 0 Å². The highest BCUT2D eigenvalue weighted by Crippen LogP contribution is 2.13. The smallest absolute Gasteiger partial charge is 0.251 e. The van der Waals surface area contributed by atoms with Crippen molar-refractivity contribution in [2.75, 3.05) is 5.75 Å². The normalized spacial score (nSPS) is 11.8. The molecule has 2 aromatic rings. The Hall–Kier alpha value is -2.42. The summed E-state index contributed by atoms with van der Waals surface area (Å²) in [5.41, 5.74) is 1.49. The summed E-state index contributed by atoms with van der Waals surface area (Å²) in [5.74, 6) is 0.445. The molecule has 0 bridgehead atoms. The topological polar surface area (TPSA) is 102 Å². The number of aryl methyl sites for hydroxylation is 1. The van der Waals surface area contributed by atoms with Crippen molar-refractivity contribution in [1.82, 2.24) is 30.8 Å². The molecule has 1 aromatic heterocycles. The maximum absolute atomic E-state index is 12.2. The second-order valence-electron chi connectivity index (χ2n) is 5.94. The van der Waals surface area contributed by atoms with E-state index in [2.05, 4.69) is 26.2 Å². The van der Waals surface area contributed by atoms with Crippen molar-refractivity contribution >= 4 is 23.6 Å². The second-order valence-corrected chi connectivity index (χ2v) is 7.01. The first-order chi connectivity index (χ1) is 12.5. The summed E-state index contributed by atoms with van der Waals surface area (Å²) in [4.78, 5) is 24.1. The summed E-state index contributed by atoms with van der Waals surface area (Å²) in [6.45, 7) is 4.38. The number of nitrogens with zero attached hydrogens (tertiary/aromatic N) is 4. The molecule has 0 fully saturated rings. The highest BCUT2D eigenvalue weighted by atomic mass is 32.2. The Balaban J connectivity index is 1.77. The largest absolute Gasteiger partial charge is 0.352 e. The zero-order valence-electron chi connectivity index (χ0n) is 15.2. The molecule has 0 aliphatic rings. The maximum atomic E-state index is 12.2. The molecule has 9 heteroatoms. The Kier molecular flexibility index (Phi) is 7.58. The Bertz CT molecular complexity index is 748. The molecule has 1 unspecified atom stereocenters. The van der Waals surface area contributed by atoms with Gasteiger partial charge in [-0.1, -0.05) is 30.8 Å². The van der Waals surface area contributed by atoms with Gasteiger partial charge in [0.15, 0.2) is 0 Å². The fourth-order valence-corrected chi connectivity index (χ4v) is 2.89. The summed E-state index contributed by atoms with van der Waals surface area (Å²) < 4.78 is 1.57. The lowest BCUT2D eigenvalue weighted by Crippen LogP contribution is -2.32. The van der Waals surface area contributed by atoms with Gasteiger partial charge in [0.25, 0.3) is 5.91 Å². The fourth-order valence-electron chi connectivity index (χ4n) is 2.10. The molecule has 8 nitrogen and oxygen atoms in total. The Morgan fingerprint density at radius 1 is 1.35 bits per heavy atom. The fraction of sp³-hybridized carbons (Fsp3) is 0.471. The van der Waals surface area contributed by atoms with E-state index in [0.29, 0.717) is 29.4 Å². The van der Waals surface area contributed by atoms with Crippen LogP contribution in [0.3, 0.4) is 0 Å². The first-order valence-electron chi connectivity index (χ1n) is 8.51. The van der Waals surface area contributed by atoms with Crippen LogP contribution in [-0.2, 0) is 18.4 Å². The number of amides is 2. The van der Waals surface area contributed by atoms with Crippen LogP contribution < -0.4 is 10.6 Å². The van der Waals surface area contributed by atoms with E-state index < -0.39 is 0 Å². The van der Waals surface area contributed by atoms with Crippen LogP contribution in [-0.4, -0.2) is 43.8 Å². The first kappa shape index (κ1) is 19.9. The number of hydrogen-bond acceptors (Lipinski definition) is 6. The third-order valence-electron chi connectivity index (χ3n) is 3.81. The van der Waals surface area contributed by atoms with E-state index in [1.165, 1.54) is 11.8 Å². The van der Waals surface area contributed by atoms with Gasteiger partial charge < -0.3 is 10.6 Å². The van der Waals surface area contributed by atoms with Gasteiger partial charge in [0.1, 0.15) is 0 Å². The molecule has 0 aliphatic heterocycles. The number of thioether (sulfide) groups is 1. The van der Waals surface area contributed by atoms with E-state index in [1.807, 2.05) is 26.0 Å². The second kappa shape index (κ2) is 9.91. The molecule has 1 aromatic carbocycles. The molecule has 1 atom stereocenters. The number of carbonyl (C=O) groups excluding carboxylic acids is 2. The summed E-state index contributed by atoms with van der Waals surface area (Å²) in [5, 5.41) is 17.6. The van der Waals surface area contributed by atoms with Gasteiger partial charge in [-0.25, -0.2) is 4.68 Å². The maximum Gasteiger partial charge on any atom is 0.251 e. The van der Waals surface area contributed by atoms with Gasteiger partial charge in [0.05, 0.1) is 0 Å². The molecular weight excluding hydrogens is 352 g/mol. The van der Waals surface area contributed by atoms with Crippen LogP contribution >= 0.6 is 11.8 Å². The lowest BCUT2D eigenvalue weighted by Gasteiger charge is -2.12. The van der Waals surface area contributed by atoms with Gasteiger partial charge in [0, 0.05) is 37.4 Å². The third-order valence-corrected chi connectivity index (χ3v) is 4.82. The van der Waals surface area contributed by atoms with Crippen LogP contribution in [0, 0.1) is 0 Å². The molecule has 0 radical (unpaired) electrons. The van der Waals surface area contributed by atoms with E-state index in [4.69, 9.17) is 0 Å². The molecule has 2 rings (SSSR count). The minimum absolute atomic E-state index is 0.0536. The third kappa shape index (κ3) is 6.14. The van der Waals surface area contributed by atoms with Gasteiger partial charge in [0.2, 0.25) is 11.1 Å². The van der Waals surface area contributed by atoms with Crippen molar-refractivity contribution in [3.8, 4) is 0 Å². The van der Waals surface area contributed by atoms with Crippen LogP contribution in [0.2, 0.25) is 0 Å². The molecule has 0 spiro atoms. The number of aromatic nitrogens is 4. The van der Waals surface area contributed by atoms with Crippen LogP contribution in [0.4, 0.5) is 0 Å². The molecule has 26 heavy (non-hydrogen) atoms. The Morgan fingerprint density at radius 3 is 2.85 bits per heavy atom. The van der Waals surface area contributed by atoms with Gasteiger partial charge in [-0.15, -0.1) is 5.10 Å². The number of benzene rings is 1. The molecule has 0 saturated carbocycles. The predicted octanol–water partition coefficient (Wildman–Crippen LogP) is 1.54. The van der Waals surface area contributed by atoms with Crippen LogP contribution in [0.5, 0.6) is 0 Å². The van der Waals surface area contributed by atoms with E-state index in [-0.39, 0.29) is 17.9 Å². The summed E-state index contributed by atoms with van der Waals surface area (Å²) in [6, 6.07) is 7.42. The Labute approximate surface area is 157 Å². The zero-order chi connectivity index (χ0) is 18.9. The molecule has 2 amide bonds. The highest BCUT2D eigenvalue weighted by molar-refractivity contribution is 7.99. The van der Waals surface area contributed by atoms with Gasteiger partial charge in [-0.05, 0) is 41.5 Å². The Morgan fingerprint density at radius 2 is 2.15 bits per heavy atom. The predicted molar refractivity (Wildman–Crippen MR) is 99.6 cm³/mol. The average Bonchev–Trinajstić information content (AvgIpc) is 3.05. The van der Waals surface area contributed by atoms with E-state index >= 15 is 0 Å². The SMILES string of the molecule is CCC(C)NC(=O)c1cccc(CNC(=O)CCSc2nnnn2C)c1. The zero-order valence-corrected chi connectivity index (χ0v) is 16.0. The molecule has 2 N–H and O–H groups in total. The van der Waals surface area contributed by atoms with Crippen molar-refractivity contribution in [3.63, 3.8) is 0 Å². The lowest BCUT2D eigenvalue weighted by atomic mass is 10.1. The van der Waals surface area contributed by atoms with Gasteiger partial charge in [-0.2, -0.15) is 0 Å². The minimum atomic E-state index is -0.0961.